The fourth-order valence-electron chi connectivity index (χ4n) is 3.71. The minimum atomic E-state index is -3.41. The predicted octanol–water partition coefficient (Wildman–Crippen LogP) is 1.92. The van der Waals surface area contributed by atoms with E-state index in [1.165, 1.54) is 0 Å². The Morgan fingerprint density at radius 2 is 2.04 bits per heavy atom. The molecule has 24 heavy (non-hydrogen) atoms. The van der Waals surface area contributed by atoms with Crippen molar-refractivity contribution in [3.8, 4) is 0 Å². The van der Waals surface area contributed by atoms with Gasteiger partial charge in [-0.2, -0.15) is 0 Å². The second-order valence-corrected chi connectivity index (χ2v) is 8.84. The molecule has 0 aromatic carbocycles. The molecule has 0 spiro atoms. The third-order valence-corrected chi connectivity index (χ3v) is 6.96. The SMILES string of the molecule is O=C(C1CCCC1)N1CCCC(S(=O)(=O)NCCc2ccco2)C1. The minimum Gasteiger partial charge on any atom is -0.469 e. The molecular formula is C17H26N2O4S. The second-order valence-electron chi connectivity index (χ2n) is 6.80. The smallest absolute Gasteiger partial charge is 0.225 e. The van der Waals surface area contributed by atoms with Crippen LogP contribution in [0.2, 0.25) is 0 Å². The monoisotopic (exact) mass is 354 g/mol. The first kappa shape index (κ1) is 17.5. The molecule has 2 aliphatic rings. The van der Waals surface area contributed by atoms with Crippen molar-refractivity contribution in [3.05, 3.63) is 24.2 Å². The number of carbonyl (C=O) groups excluding carboxylic acids is 1. The van der Waals surface area contributed by atoms with Crippen molar-refractivity contribution in [1.82, 2.24) is 9.62 Å². The number of sulfonamides is 1. The molecule has 1 saturated heterocycles. The number of nitrogens with zero attached hydrogens (tertiary/aromatic N) is 1. The molecule has 3 rings (SSSR count). The highest BCUT2D eigenvalue weighted by atomic mass is 32.2. The van der Waals surface area contributed by atoms with Gasteiger partial charge in [0.25, 0.3) is 0 Å². The van der Waals surface area contributed by atoms with E-state index in [-0.39, 0.29) is 11.8 Å². The van der Waals surface area contributed by atoms with Gasteiger partial charge in [0.05, 0.1) is 11.5 Å². The lowest BCUT2D eigenvalue weighted by Crippen LogP contribution is -2.49. The molecule has 2 fully saturated rings. The lowest BCUT2D eigenvalue weighted by atomic mass is 10.0. The summed E-state index contributed by atoms with van der Waals surface area (Å²) in [6.07, 6.45) is 7.61. The summed E-state index contributed by atoms with van der Waals surface area (Å²) in [7, 11) is -3.41. The molecule has 1 aromatic rings. The molecule has 0 radical (unpaired) electrons. The van der Waals surface area contributed by atoms with Crippen molar-refractivity contribution in [2.24, 2.45) is 5.92 Å². The molecule has 1 amide bonds. The number of carbonyl (C=O) groups is 1. The molecular weight excluding hydrogens is 328 g/mol. The van der Waals surface area contributed by atoms with Gasteiger partial charge < -0.3 is 9.32 Å². The van der Waals surface area contributed by atoms with Gasteiger partial charge in [0.2, 0.25) is 15.9 Å². The summed E-state index contributed by atoms with van der Waals surface area (Å²) in [5.74, 6) is 1.03. The van der Waals surface area contributed by atoms with Gasteiger partial charge in [-0.15, -0.1) is 0 Å². The van der Waals surface area contributed by atoms with Gasteiger partial charge in [0.1, 0.15) is 5.76 Å². The molecule has 6 nitrogen and oxygen atoms in total. The van der Waals surface area contributed by atoms with Gasteiger partial charge in [-0.3, -0.25) is 4.79 Å². The number of likely N-dealkylation sites (tertiary alicyclic amines) is 1. The van der Waals surface area contributed by atoms with Gasteiger partial charge in [-0.1, -0.05) is 12.8 Å². The van der Waals surface area contributed by atoms with E-state index < -0.39 is 15.3 Å². The topological polar surface area (TPSA) is 79.6 Å². The van der Waals surface area contributed by atoms with Crippen LogP contribution in [0, 0.1) is 5.92 Å². The highest BCUT2D eigenvalue weighted by molar-refractivity contribution is 7.90. The van der Waals surface area contributed by atoms with Crippen LogP contribution in [-0.4, -0.2) is 44.1 Å². The van der Waals surface area contributed by atoms with Crippen molar-refractivity contribution in [2.45, 2.75) is 50.2 Å². The Balaban J connectivity index is 1.53. The van der Waals surface area contributed by atoms with E-state index in [0.29, 0.717) is 32.5 Å². The number of rotatable bonds is 6. The van der Waals surface area contributed by atoms with E-state index in [4.69, 9.17) is 4.42 Å². The van der Waals surface area contributed by atoms with Gasteiger partial charge in [-0.25, -0.2) is 13.1 Å². The number of nitrogens with one attached hydrogen (secondary N) is 1. The first-order valence-corrected chi connectivity index (χ1v) is 10.4. The normalized spacial score (nSPS) is 22.8. The highest BCUT2D eigenvalue weighted by Crippen LogP contribution is 2.28. The maximum Gasteiger partial charge on any atom is 0.225 e. The molecule has 1 N–H and O–H groups in total. The van der Waals surface area contributed by atoms with Crippen molar-refractivity contribution in [3.63, 3.8) is 0 Å². The van der Waals surface area contributed by atoms with Crippen LogP contribution in [0.25, 0.3) is 0 Å². The molecule has 7 heteroatoms. The maximum absolute atomic E-state index is 12.5. The quantitative estimate of drug-likeness (QED) is 0.846. The van der Waals surface area contributed by atoms with Crippen LogP contribution in [0.1, 0.15) is 44.3 Å². The van der Waals surface area contributed by atoms with Crippen LogP contribution in [-0.2, 0) is 21.2 Å². The molecule has 134 valence electrons. The average molecular weight is 354 g/mol. The van der Waals surface area contributed by atoms with E-state index >= 15 is 0 Å². The number of piperidine rings is 1. The summed E-state index contributed by atoms with van der Waals surface area (Å²) < 4.78 is 32.9. The van der Waals surface area contributed by atoms with Gasteiger partial charge in [0, 0.05) is 32.0 Å². The minimum absolute atomic E-state index is 0.110. The molecule has 1 aliphatic carbocycles. The Bertz CT molecular complexity index is 636. The van der Waals surface area contributed by atoms with Crippen molar-refractivity contribution in [2.75, 3.05) is 19.6 Å². The average Bonchev–Trinajstić information content (AvgIpc) is 3.28. The summed E-state index contributed by atoms with van der Waals surface area (Å²) >= 11 is 0. The van der Waals surface area contributed by atoms with Crippen LogP contribution in [0.4, 0.5) is 0 Å². The summed E-state index contributed by atoms with van der Waals surface area (Å²) in [6.45, 7) is 1.34. The first-order chi connectivity index (χ1) is 11.6. The number of furan rings is 1. The van der Waals surface area contributed by atoms with E-state index in [0.717, 1.165) is 37.9 Å². The van der Waals surface area contributed by atoms with Gasteiger partial charge in [-0.05, 0) is 37.8 Å². The molecule has 2 heterocycles. The van der Waals surface area contributed by atoms with Crippen molar-refractivity contribution >= 4 is 15.9 Å². The molecule has 1 aromatic heterocycles. The number of amides is 1. The van der Waals surface area contributed by atoms with Crippen LogP contribution in [0.5, 0.6) is 0 Å². The van der Waals surface area contributed by atoms with E-state index in [1.54, 1.807) is 17.2 Å². The standard InChI is InChI=1S/C17H26N2O4S/c20-17(14-5-1-2-6-14)19-11-3-8-16(13-19)24(21,22)18-10-9-15-7-4-12-23-15/h4,7,12,14,16,18H,1-3,5-6,8-11,13H2. The number of hydrogen-bond acceptors (Lipinski definition) is 4. The fourth-order valence-corrected chi connectivity index (χ4v) is 5.19. The molecule has 1 atom stereocenters. The Labute approximate surface area is 143 Å². The second kappa shape index (κ2) is 7.70. The summed E-state index contributed by atoms with van der Waals surface area (Å²) in [4.78, 5) is 14.3. The highest BCUT2D eigenvalue weighted by Gasteiger charge is 2.35. The largest absolute Gasteiger partial charge is 0.469 e. The van der Waals surface area contributed by atoms with Crippen LogP contribution in [0.3, 0.4) is 0 Å². The summed E-state index contributed by atoms with van der Waals surface area (Å²) in [5, 5.41) is -0.506. The van der Waals surface area contributed by atoms with Crippen LogP contribution < -0.4 is 4.72 Å². The lowest BCUT2D eigenvalue weighted by molar-refractivity contribution is -0.136. The zero-order chi connectivity index (χ0) is 17.0. The predicted molar refractivity (Wildman–Crippen MR) is 90.9 cm³/mol. The molecule has 1 aliphatic heterocycles. The third-order valence-electron chi connectivity index (χ3n) is 5.09. The summed E-state index contributed by atoms with van der Waals surface area (Å²) in [6, 6.07) is 3.62. The molecule has 1 unspecified atom stereocenters. The third kappa shape index (κ3) is 4.19. The van der Waals surface area contributed by atoms with Gasteiger partial charge in [0.15, 0.2) is 0 Å². The zero-order valence-electron chi connectivity index (χ0n) is 13.9. The van der Waals surface area contributed by atoms with Crippen molar-refractivity contribution < 1.29 is 17.6 Å². The molecule has 0 bridgehead atoms. The van der Waals surface area contributed by atoms with Gasteiger partial charge >= 0.3 is 0 Å². The lowest BCUT2D eigenvalue weighted by Gasteiger charge is -2.34. The van der Waals surface area contributed by atoms with Crippen molar-refractivity contribution in [1.29, 1.82) is 0 Å². The fraction of sp³-hybridized carbons (Fsp3) is 0.706. The Hall–Kier alpha value is -1.34. The zero-order valence-corrected chi connectivity index (χ0v) is 14.8. The maximum atomic E-state index is 12.5. The van der Waals surface area contributed by atoms with E-state index in [9.17, 15) is 13.2 Å². The summed E-state index contributed by atoms with van der Waals surface area (Å²) in [5.41, 5.74) is 0. The van der Waals surface area contributed by atoms with Crippen LogP contribution in [0.15, 0.2) is 22.8 Å². The Morgan fingerprint density at radius 1 is 1.25 bits per heavy atom. The first-order valence-electron chi connectivity index (χ1n) is 8.86. The van der Waals surface area contributed by atoms with E-state index in [1.807, 2.05) is 6.07 Å². The Morgan fingerprint density at radius 3 is 2.75 bits per heavy atom. The number of hydrogen-bond donors (Lipinski definition) is 1. The molecule has 1 saturated carbocycles. The van der Waals surface area contributed by atoms with E-state index in [2.05, 4.69) is 4.72 Å². The Kier molecular flexibility index (Phi) is 5.61. The van der Waals surface area contributed by atoms with Crippen LogP contribution >= 0.6 is 0 Å².